The Balaban J connectivity index is 1.84. The number of hydrogen-bond donors (Lipinski definition) is 0. The van der Waals surface area contributed by atoms with Gasteiger partial charge in [-0.05, 0) is 29.8 Å². The van der Waals surface area contributed by atoms with E-state index in [4.69, 9.17) is 39.5 Å². The fraction of sp³-hybridized carbons (Fsp3) is 0.167. The second kappa shape index (κ2) is 7.93. The van der Waals surface area contributed by atoms with Crippen LogP contribution in [-0.4, -0.2) is 9.55 Å². The molecule has 3 nitrogen and oxygen atoms in total. The first kappa shape index (κ1) is 17.2. The lowest BCUT2D eigenvalue weighted by atomic mass is 10.1. The smallest absolute Gasteiger partial charge is 0.157 e. The van der Waals surface area contributed by atoms with Gasteiger partial charge in [-0.15, -0.1) is 0 Å². The lowest BCUT2D eigenvalue weighted by Crippen LogP contribution is -2.11. The van der Waals surface area contributed by atoms with Crippen LogP contribution in [0.2, 0.25) is 15.1 Å². The number of ether oxygens (including phenoxy) is 1. The van der Waals surface area contributed by atoms with Crippen LogP contribution in [0.15, 0.2) is 61.2 Å². The van der Waals surface area contributed by atoms with Crippen molar-refractivity contribution < 1.29 is 4.74 Å². The van der Waals surface area contributed by atoms with Crippen molar-refractivity contribution in [3.05, 3.63) is 81.8 Å². The Bertz CT molecular complexity index is 768. The Morgan fingerprint density at radius 3 is 2.33 bits per heavy atom. The van der Waals surface area contributed by atoms with Gasteiger partial charge in [0.25, 0.3) is 0 Å². The monoisotopic (exact) mass is 380 g/mol. The van der Waals surface area contributed by atoms with E-state index >= 15 is 0 Å². The topological polar surface area (TPSA) is 27.1 Å². The van der Waals surface area contributed by atoms with Gasteiger partial charge >= 0.3 is 0 Å². The number of hydrogen-bond acceptors (Lipinski definition) is 2. The Morgan fingerprint density at radius 1 is 1.00 bits per heavy atom. The van der Waals surface area contributed by atoms with Gasteiger partial charge in [-0.1, -0.05) is 53.0 Å². The molecular formula is C18H15Cl3N2O. The summed E-state index contributed by atoms with van der Waals surface area (Å²) in [6.07, 6.45) is 5.98. The number of nitrogens with zero attached hydrogens (tertiary/aromatic N) is 2. The molecule has 0 radical (unpaired) electrons. The molecule has 0 saturated heterocycles. The second-order valence-corrected chi connectivity index (χ2v) is 6.55. The zero-order valence-electron chi connectivity index (χ0n) is 12.7. The number of para-hydroxylation sites is 1. The highest BCUT2D eigenvalue weighted by Crippen LogP contribution is 2.37. The summed E-state index contributed by atoms with van der Waals surface area (Å²) < 4.78 is 8.16. The molecule has 1 aromatic heterocycles. The molecule has 0 unspecified atom stereocenters. The third-order valence-corrected chi connectivity index (χ3v) is 4.48. The van der Waals surface area contributed by atoms with Crippen molar-refractivity contribution in [1.82, 2.24) is 9.55 Å². The minimum absolute atomic E-state index is 0.206. The third-order valence-electron chi connectivity index (χ3n) is 3.63. The fourth-order valence-electron chi connectivity index (χ4n) is 2.39. The van der Waals surface area contributed by atoms with Crippen LogP contribution < -0.4 is 4.74 Å². The number of halogens is 3. The number of aryl methyl sites for hydroxylation is 1. The van der Waals surface area contributed by atoms with Crippen molar-refractivity contribution in [2.24, 2.45) is 0 Å². The van der Waals surface area contributed by atoms with Crippen molar-refractivity contribution in [3.8, 4) is 5.75 Å². The van der Waals surface area contributed by atoms with E-state index in [2.05, 4.69) is 4.98 Å². The maximum Gasteiger partial charge on any atom is 0.157 e. The summed E-state index contributed by atoms with van der Waals surface area (Å²) >= 11 is 18.5. The van der Waals surface area contributed by atoms with Gasteiger partial charge in [-0.2, -0.15) is 0 Å². The molecule has 3 aromatic rings. The average molecular weight is 382 g/mol. The quantitative estimate of drug-likeness (QED) is 0.519. The number of imidazole rings is 1. The molecule has 0 spiro atoms. The standard InChI is InChI=1S/C18H15Cl3N2O/c19-14-6-4-13(5-7-14)17(8-10-23-11-9-22-12-23)24-18-15(20)2-1-3-16(18)21/h1-7,9,11-12,17H,8,10H2/t17-/m1/s1. The minimum atomic E-state index is -0.206. The predicted octanol–water partition coefficient (Wildman–Crippen LogP) is 6.05. The maximum absolute atomic E-state index is 6.24. The van der Waals surface area contributed by atoms with E-state index in [0.717, 1.165) is 18.5 Å². The van der Waals surface area contributed by atoms with Crippen LogP contribution in [0.3, 0.4) is 0 Å². The first-order valence-corrected chi connectivity index (χ1v) is 8.59. The second-order valence-electron chi connectivity index (χ2n) is 5.30. The highest BCUT2D eigenvalue weighted by molar-refractivity contribution is 6.37. The number of benzene rings is 2. The highest BCUT2D eigenvalue weighted by Gasteiger charge is 2.17. The van der Waals surface area contributed by atoms with Crippen LogP contribution in [0.25, 0.3) is 0 Å². The van der Waals surface area contributed by atoms with Gasteiger partial charge < -0.3 is 9.30 Å². The summed E-state index contributed by atoms with van der Waals surface area (Å²) in [7, 11) is 0. The van der Waals surface area contributed by atoms with Crippen LogP contribution in [0, 0.1) is 0 Å². The van der Waals surface area contributed by atoms with Crippen LogP contribution in [0.1, 0.15) is 18.1 Å². The largest absolute Gasteiger partial charge is 0.483 e. The Kier molecular flexibility index (Phi) is 5.67. The van der Waals surface area contributed by atoms with E-state index in [1.165, 1.54) is 0 Å². The SMILES string of the molecule is Clc1ccc([C@@H](CCn2ccnc2)Oc2c(Cl)cccc2Cl)cc1. The molecule has 124 valence electrons. The lowest BCUT2D eigenvalue weighted by Gasteiger charge is -2.21. The molecule has 0 fully saturated rings. The lowest BCUT2D eigenvalue weighted by molar-refractivity contribution is 0.188. The molecule has 1 atom stereocenters. The van der Waals surface area contributed by atoms with Gasteiger partial charge in [-0.3, -0.25) is 0 Å². The van der Waals surface area contributed by atoms with Crippen LogP contribution in [0.5, 0.6) is 5.75 Å². The molecule has 0 aliphatic heterocycles. The van der Waals surface area contributed by atoms with E-state index in [1.54, 1.807) is 30.7 Å². The summed E-state index contributed by atoms with van der Waals surface area (Å²) in [6, 6.07) is 12.9. The van der Waals surface area contributed by atoms with Crippen LogP contribution in [0.4, 0.5) is 0 Å². The zero-order chi connectivity index (χ0) is 16.9. The Hall–Kier alpha value is -1.68. The molecule has 0 aliphatic rings. The Labute approximate surface area is 155 Å². The average Bonchev–Trinajstić information content (AvgIpc) is 3.08. The minimum Gasteiger partial charge on any atom is -0.483 e. The van der Waals surface area contributed by atoms with Gasteiger partial charge in [0.1, 0.15) is 6.10 Å². The van der Waals surface area contributed by atoms with Gasteiger partial charge in [0.15, 0.2) is 5.75 Å². The van der Waals surface area contributed by atoms with Crippen molar-refractivity contribution in [2.45, 2.75) is 19.1 Å². The van der Waals surface area contributed by atoms with E-state index in [-0.39, 0.29) is 6.10 Å². The predicted molar refractivity (Wildman–Crippen MR) is 98.1 cm³/mol. The summed E-state index contributed by atoms with van der Waals surface area (Å²) in [4.78, 5) is 4.06. The molecule has 3 rings (SSSR count). The number of rotatable bonds is 6. The molecule has 6 heteroatoms. The first-order valence-electron chi connectivity index (χ1n) is 7.45. The summed E-state index contributed by atoms with van der Waals surface area (Å²) in [5, 5.41) is 1.66. The fourth-order valence-corrected chi connectivity index (χ4v) is 3.01. The maximum atomic E-state index is 6.24. The van der Waals surface area contributed by atoms with Gasteiger partial charge in [0.05, 0.1) is 16.4 Å². The van der Waals surface area contributed by atoms with Crippen molar-refractivity contribution >= 4 is 34.8 Å². The zero-order valence-corrected chi connectivity index (χ0v) is 15.0. The van der Waals surface area contributed by atoms with Crippen molar-refractivity contribution in [3.63, 3.8) is 0 Å². The Morgan fingerprint density at radius 2 is 1.71 bits per heavy atom. The first-order chi connectivity index (χ1) is 11.6. The molecule has 0 aliphatic carbocycles. The third kappa shape index (κ3) is 4.23. The molecule has 0 amide bonds. The van der Waals surface area contributed by atoms with Gasteiger partial charge in [0.2, 0.25) is 0 Å². The summed E-state index contributed by atoms with van der Waals surface area (Å²) in [6.45, 7) is 0.759. The van der Waals surface area contributed by atoms with Crippen LogP contribution in [-0.2, 0) is 6.54 Å². The van der Waals surface area contributed by atoms with E-state index in [9.17, 15) is 0 Å². The number of aromatic nitrogens is 2. The summed E-state index contributed by atoms with van der Waals surface area (Å²) in [5.74, 6) is 0.492. The molecule has 2 aromatic carbocycles. The molecule has 0 N–H and O–H groups in total. The normalized spacial score (nSPS) is 12.1. The molecule has 0 bridgehead atoms. The van der Waals surface area contributed by atoms with Gasteiger partial charge in [-0.25, -0.2) is 4.98 Å². The molecule has 0 saturated carbocycles. The van der Waals surface area contributed by atoms with Gasteiger partial charge in [0, 0.05) is 30.4 Å². The molecule has 1 heterocycles. The summed E-state index contributed by atoms with van der Waals surface area (Å²) in [5.41, 5.74) is 1.01. The molecule has 24 heavy (non-hydrogen) atoms. The van der Waals surface area contributed by atoms with Crippen molar-refractivity contribution in [2.75, 3.05) is 0 Å². The highest BCUT2D eigenvalue weighted by atomic mass is 35.5. The van der Waals surface area contributed by atoms with E-state index in [0.29, 0.717) is 20.8 Å². The van der Waals surface area contributed by atoms with E-state index in [1.807, 2.05) is 35.0 Å². The van der Waals surface area contributed by atoms with Crippen molar-refractivity contribution in [1.29, 1.82) is 0 Å². The van der Waals surface area contributed by atoms with Crippen LogP contribution >= 0.6 is 34.8 Å². The van der Waals surface area contributed by atoms with E-state index < -0.39 is 0 Å². The molecular weight excluding hydrogens is 367 g/mol.